The van der Waals surface area contributed by atoms with E-state index in [2.05, 4.69) is 34.8 Å². The molecule has 0 radical (unpaired) electrons. The first kappa shape index (κ1) is 15.0. The number of nitrogens with zero attached hydrogens (tertiary/aromatic N) is 2. The molecule has 0 spiro atoms. The topological polar surface area (TPSA) is 42.4 Å². The molecule has 1 aromatic heterocycles. The Labute approximate surface area is 113 Å². The van der Waals surface area contributed by atoms with Crippen molar-refractivity contribution in [1.82, 2.24) is 9.88 Å². The number of ether oxygens (including phenoxy) is 1. The van der Waals surface area contributed by atoms with Crippen LogP contribution in [0.25, 0.3) is 0 Å². The summed E-state index contributed by atoms with van der Waals surface area (Å²) < 4.78 is 4.64. The molecule has 0 aliphatic heterocycles. The van der Waals surface area contributed by atoms with E-state index in [1.165, 1.54) is 7.11 Å². The summed E-state index contributed by atoms with van der Waals surface area (Å²) in [6.07, 6.45) is 3.67. The molecule has 4 nitrogen and oxygen atoms in total. The Bertz CT molecular complexity index is 381. The van der Waals surface area contributed by atoms with Gasteiger partial charge in [-0.3, -0.25) is 9.88 Å². The normalized spacial score (nSPS) is 12.5. The van der Waals surface area contributed by atoms with Crippen LogP contribution >= 0.6 is 11.8 Å². The zero-order valence-corrected chi connectivity index (χ0v) is 12.2. The minimum atomic E-state index is -0.349. The van der Waals surface area contributed by atoms with Crippen LogP contribution in [0.1, 0.15) is 23.0 Å². The van der Waals surface area contributed by atoms with E-state index in [9.17, 15) is 4.79 Å². The number of esters is 1. The molecule has 0 aliphatic carbocycles. The molecule has 0 saturated heterocycles. The van der Waals surface area contributed by atoms with Crippen LogP contribution < -0.4 is 0 Å². The van der Waals surface area contributed by atoms with Crippen molar-refractivity contribution in [3.63, 3.8) is 0 Å². The van der Waals surface area contributed by atoms with Crippen molar-refractivity contribution in [3.8, 4) is 0 Å². The highest BCUT2D eigenvalue weighted by Crippen LogP contribution is 2.09. The largest absolute Gasteiger partial charge is 0.465 e. The predicted molar refractivity (Wildman–Crippen MR) is 74.9 cm³/mol. The first-order valence-electron chi connectivity index (χ1n) is 5.81. The number of hydrogen-bond donors (Lipinski definition) is 0. The van der Waals surface area contributed by atoms with Crippen LogP contribution in [-0.4, -0.2) is 48.1 Å². The zero-order chi connectivity index (χ0) is 13.5. The quantitative estimate of drug-likeness (QED) is 0.739. The number of thioether (sulfide) groups is 1. The predicted octanol–water partition coefficient (Wildman–Crippen LogP) is 2.05. The van der Waals surface area contributed by atoms with Crippen LogP contribution in [0.5, 0.6) is 0 Å². The molecule has 0 bridgehead atoms. The van der Waals surface area contributed by atoms with Crippen LogP contribution in [0.15, 0.2) is 18.3 Å². The third kappa shape index (κ3) is 4.31. The number of rotatable bonds is 6. The van der Waals surface area contributed by atoms with E-state index in [1.54, 1.807) is 12.3 Å². The lowest BCUT2D eigenvalue weighted by Gasteiger charge is -2.23. The first-order chi connectivity index (χ1) is 8.58. The molecular formula is C13H20N2O2S. The number of pyridine rings is 1. The summed E-state index contributed by atoms with van der Waals surface area (Å²) in [5, 5.41) is 0. The van der Waals surface area contributed by atoms with E-state index in [1.807, 2.05) is 17.8 Å². The lowest BCUT2D eigenvalue weighted by atomic mass is 10.2. The molecule has 0 amide bonds. The van der Waals surface area contributed by atoms with Gasteiger partial charge in [0.1, 0.15) is 0 Å². The minimum Gasteiger partial charge on any atom is -0.465 e. The molecule has 0 aliphatic rings. The number of methoxy groups -OCH3 is 1. The molecule has 0 N–H and O–H groups in total. The molecule has 100 valence electrons. The summed E-state index contributed by atoms with van der Waals surface area (Å²) in [6.45, 7) is 2.97. The molecular weight excluding hydrogens is 248 g/mol. The summed E-state index contributed by atoms with van der Waals surface area (Å²) in [6, 6.07) is 4.12. The first-order valence-corrected chi connectivity index (χ1v) is 7.20. The highest BCUT2D eigenvalue weighted by Gasteiger charge is 2.10. The van der Waals surface area contributed by atoms with E-state index in [0.717, 1.165) is 18.0 Å². The molecule has 0 fully saturated rings. The Kier molecular flexibility index (Phi) is 6.15. The van der Waals surface area contributed by atoms with Crippen molar-refractivity contribution in [1.29, 1.82) is 0 Å². The fourth-order valence-electron chi connectivity index (χ4n) is 1.54. The summed E-state index contributed by atoms with van der Waals surface area (Å²) in [5.74, 6) is 0.745. The summed E-state index contributed by atoms with van der Waals surface area (Å²) >= 11 is 1.83. The van der Waals surface area contributed by atoms with Gasteiger partial charge in [0, 0.05) is 24.5 Å². The Balaban J connectivity index is 2.60. The SMILES string of the molecule is COC(=O)c1ccc(CN(C)C(C)CSC)nc1. The molecule has 5 heteroatoms. The molecule has 18 heavy (non-hydrogen) atoms. The second-order valence-corrected chi connectivity index (χ2v) is 5.16. The second kappa shape index (κ2) is 7.38. The molecule has 1 rings (SSSR count). The summed E-state index contributed by atoms with van der Waals surface area (Å²) in [4.78, 5) is 17.8. The van der Waals surface area contributed by atoms with Crippen molar-refractivity contribution in [2.24, 2.45) is 0 Å². The van der Waals surface area contributed by atoms with Crippen LogP contribution in [0.4, 0.5) is 0 Å². The maximum absolute atomic E-state index is 11.3. The van der Waals surface area contributed by atoms with Gasteiger partial charge in [0.25, 0.3) is 0 Å². The maximum atomic E-state index is 11.3. The molecule has 1 atom stereocenters. The Morgan fingerprint density at radius 3 is 2.78 bits per heavy atom. The number of carbonyl (C=O) groups excluding carboxylic acids is 1. The van der Waals surface area contributed by atoms with Gasteiger partial charge in [0.05, 0.1) is 18.4 Å². The van der Waals surface area contributed by atoms with E-state index >= 15 is 0 Å². The second-order valence-electron chi connectivity index (χ2n) is 4.25. The van der Waals surface area contributed by atoms with Crippen LogP contribution in [0, 0.1) is 0 Å². The Morgan fingerprint density at radius 2 is 2.28 bits per heavy atom. The number of carbonyl (C=O) groups is 1. The highest BCUT2D eigenvalue weighted by atomic mass is 32.2. The standard InChI is InChI=1S/C13H20N2O2S/c1-10(9-18-4)15(2)8-12-6-5-11(7-14-12)13(16)17-3/h5-7,10H,8-9H2,1-4H3. The van der Waals surface area contributed by atoms with Crippen molar-refractivity contribution >= 4 is 17.7 Å². The van der Waals surface area contributed by atoms with E-state index in [4.69, 9.17) is 0 Å². The lowest BCUT2D eigenvalue weighted by Crippen LogP contribution is -2.30. The molecule has 1 aromatic rings. The molecule has 0 saturated carbocycles. The van der Waals surface area contributed by atoms with Crippen LogP contribution in [0.3, 0.4) is 0 Å². The van der Waals surface area contributed by atoms with Gasteiger partial charge in [-0.25, -0.2) is 4.79 Å². The van der Waals surface area contributed by atoms with Gasteiger partial charge in [0.2, 0.25) is 0 Å². The number of aromatic nitrogens is 1. The minimum absolute atomic E-state index is 0.349. The van der Waals surface area contributed by atoms with Gasteiger partial charge in [-0.1, -0.05) is 0 Å². The van der Waals surface area contributed by atoms with Gasteiger partial charge in [0.15, 0.2) is 0 Å². The highest BCUT2D eigenvalue weighted by molar-refractivity contribution is 7.98. The fraction of sp³-hybridized carbons (Fsp3) is 0.538. The van der Waals surface area contributed by atoms with E-state index in [-0.39, 0.29) is 5.97 Å². The maximum Gasteiger partial charge on any atom is 0.339 e. The van der Waals surface area contributed by atoms with Gasteiger partial charge < -0.3 is 4.74 Å². The Hall–Kier alpha value is -1.07. The molecule has 1 heterocycles. The zero-order valence-electron chi connectivity index (χ0n) is 11.3. The smallest absolute Gasteiger partial charge is 0.339 e. The number of hydrogen-bond acceptors (Lipinski definition) is 5. The average molecular weight is 268 g/mol. The van der Waals surface area contributed by atoms with E-state index in [0.29, 0.717) is 11.6 Å². The van der Waals surface area contributed by atoms with Gasteiger partial charge in [-0.2, -0.15) is 11.8 Å². The van der Waals surface area contributed by atoms with Gasteiger partial charge in [-0.15, -0.1) is 0 Å². The third-order valence-corrected chi connectivity index (χ3v) is 3.63. The van der Waals surface area contributed by atoms with Crippen molar-refractivity contribution in [2.75, 3.05) is 26.2 Å². The fourth-order valence-corrected chi connectivity index (χ4v) is 2.27. The lowest BCUT2D eigenvalue weighted by molar-refractivity contribution is 0.0600. The monoisotopic (exact) mass is 268 g/mol. The van der Waals surface area contributed by atoms with Crippen molar-refractivity contribution in [3.05, 3.63) is 29.6 Å². The van der Waals surface area contributed by atoms with Gasteiger partial charge in [-0.05, 0) is 32.4 Å². The van der Waals surface area contributed by atoms with E-state index < -0.39 is 0 Å². The van der Waals surface area contributed by atoms with Crippen molar-refractivity contribution in [2.45, 2.75) is 19.5 Å². The molecule has 1 unspecified atom stereocenters. The van der Waals surface area contributed by atoms with Crippen LogP contribution in [-0.2, 0) is 11.3 Å². The van der Waals surface area contributed by atoms with Gasteiger partial charge >= 0.3 is 5.97 Å². The Morgan fingerprint density at radius 1 is 1.56 bits per heavy atom. The average Bonchev–Trinajstić information content (AvgIpc) is 2.39. The summed E-state index contributed by atoms with van der Waals surface area (Å²) in [5.41, 5.74) is 1.44. The summed E-state index contributed by atoms with van der Waals surface area (Å²) in [7, 11) is 3.45. The van der Waals surface area contributed by atoms with Crippen LogP contribution in [0.2, 0.25) is 0 Å². The molecule has 0 aromatic carbocycles. The third-order valence-electron chi connectivity index (χ3n) is 2.82. The van der Waals surface area contributed by atoms with Crippen molar-refractivity contribution < 1.29 is 9.53 Å².